The van der Waals surface area contributed by atoms with Crippen LogP contribution in [0, 0.1) is 6.92 Å². The molecule has 2 heteroatoms. The second kappa shape index (κ2) is 9.92. The van der Waals surface area contributed by atoms with Gasteiger partial charge in [-0.2, -0.15) is 0 Å². The van der Waals surface area contributed by atoms with Gasteiger partial charge in [0, 0.05) is 13.1 Å². The molecule has 0 aliphatic heterocycles. The standard InChI is InChI=1S/C9H21N2/c1-3-4-5-6-7-11-9-8-10-2/h10-11H,1,3-9H2,2H3. The van der Waals surface area contributed by atoms with Gasteiger partial charge in [-0.3, -0.25) is 0 Å². The average molecular weight is 157 g/mol. The number of unbranched alkanes of at least 4 members (excludes halogenated alkanes) is 3. The molecule has 0 fully saturated rings. The third kappa shape index (κ3) is 9.92. The number of hydrogen-bond acceptors (Lipinski definition) is 2. The number of likely N-dealkylation sites (N-methyl/N-ethyl adjacent to an activating group) is 1. The van der Waals surface area contributed by atoms with Gasteiger partial charge in [-0.05, 0) is 20.0 Å². The average Bonchev–Trinajstić information content (AvgIpc) is 2.03. The highest BCUT2D eigenvalue weighted by molar-refractivity contribution is 4.50. The van der Waals surface area contributed by atoms with Crippen LogP contribution in [0.25, 0.3) is 0 Å². The van der Waals surface area contributed by atoms with Crippen molar-refractivity contribution >= 4 is 0 Å². The maximum absolute atomic E-state index is 3.80. The molecule has 11 heavy (non-hydrogen) atoms. The van der Waals surface area contributed by atoms with E-state index in [1.54, 1.807) is 0 Å². The van der Waals surface area contributed by atoms with Crippen molar-refractivity contribution in [3.05, 3.63) is 6.92 Å². The Labute approximate surface area is 70.8 Å². The molecule has 0 unspecified atom stereocenters. The van der Waals surface area contributed by atoms with Crippen LogP contribution in [0.3, 0.4) is 0 Å². The van der Waals surface area contributed by atoms with Gasteiger partial charge in [0.25, 0.3) is 0 Å². The summed E-state index contributed by atoms with van der Waals surface area (Å²) in [5, 5.41) is 6.46. The summed E-state index contributed by atoms with van der Waals surface area (Å²) in [6, 6.07) is 0. The summed E-state index contributed by atoms with van der Waals surface area (Å²) in [6.45, 7) is 7.11. The molecule has 2 nitrogen and oxygen atoms in total. The summed E-state index contributed by atoms with van der Waals surface area (Å²) in [5.74, 6) is 0. The molecule has 67 valence electrons. The van der Waals surface area contributed by atoms with E-state index in [-0.39, 0.29) is 0 Å². The van der Waals surface area contributed by atoms with Gasteiger partial charge in [0.05, 0.1) is 0 Å². The SMILES string of the molecule is [CH2]CCCCCNCCNC. The second-order valence-electron chi connectivity index (χ2n) is 2.77. The first-order valence-corrected chi connectivity index (χ1v) is 4.56. The minimum absolute atomic E-state index is 1.06. The normalized spacial score (nSPS) is 10.4. The van der Waals surface area contributed by atoms with Gasteiger partial charge < -0.3 is 10.6 Å². The Bertz CT molecular complexity index is 56.6. The van der Waals surface area contributed by atoms with E-state index < -0.39 is 0 Å². The van der Waals surface area contributed by atoms with Crippen LogP contribution in [0.15, 0.2) is 0 Å². The highest BCUT2D eigenvalue weighted by Crippen LogP contribution is 1.96. The van der Waals surface area contributed by atoms with Gasteiger partial charge in [0.15, 0.2) is 0 Å². The summed E-state index contributed by atoms with van der Waals surface area (Å²) in [7, 11) is 1.98. The minimum Gasteiger partial charge on any atom is -0.318 e. The van der Waals surface area contributed by atoms with Crippen LogP contribution in [-0.4, -0.2) is 26.7 Å². The zero-order chi connectivity index (χ0) is 8.36. The first kappa shape index (κ1) is 10.9. The molecule has 0 saturated heterocycles. The predicted octanol–water partition coefficient (Wildman–Crippen LogP) is 1.19. The zero-order valence-corrected chi connectivity index (χ0v) is 7.66. The van der Waals surface area contributed by atoms with E-state index in [4.69, 9.17) is 0 Å². The Kier molecular flexibility index (Phi) is 9.85. The zero-order valence-electron chi connectivity index (χ0n) is 7.66. The third-order valence-corrected chi connectivity index (χ3v) is 1.66. The van der Waals surface area contributed by atoms with Crippen LogP contribution in [-0.2, 0) is 0 Å². The van der Waals surface area contributed by atoms with Crippen molar-refractivity contribution < 1.29 is 0 Å². The van der Waals surface area contributed by atoms with E-state index in [1.165, 1.54) is 19.3 Å². The highest BCUT2D eigenvalue weighted by Gasteiger charge is 1.86. The first-order chi connectivity index (χ1) is 5.41. The fourth-order valence-corrected chi connectivity index (χ4v) is 0.942. The quantitative estimate of drug-likeness (QED) is 0.517. The molecule has 0 aromatic rings. The molecular weight excluding hydrogens is 136 g/mol. The molecule has 0 atom stereocenters. The Balaban J connectivity index is 2.69. The summed E-state index contributed by atoms with van der Waals surface area (Å²) in [5.41, 5.74) is 0. The number of hydrogen-bond donors (Lipinski definition) is 2. The molecule has 0 aromatic heterocycles. The molecule has 0 aromatic carbocycles. The van der Waals surface area contributed by atoms with E-state index in [9.17, 15) is 0 Å². The monoisotopic (exact) mass is 157 g/mol. The second-order valence-corrected chi connectivity index (χ2v) is 2.77. The first-order valence-electron chi connectivity index (χ1n) is 4.56. The summed E-state index contributed by atoms with van der Waals surface area (Å²) < 4.78 is 0. The molecule has 0 spiro atoms. The maximum atomic E-state index is 3.80. The van der Waals surface area contributed by atoms with Crippen molar-refractivity contribution in [1.82, 2.24) is 10.6 Å². The Morgan fingerprint density at radius 3 is 2.45 bits per heavy atom. The highest BCUT2D eigenvalue weighted by atomic mass is 14.9. The van der Waals surface area contributed by atoms with Gasteiger partial charge in [0.1, 0.15) is 0 Å². The predicted molar refractivity (Wildman–Crippen MR) is 50.6 cm³/mol. The summed E-state index contributed by atoms with van der Waals surface area (Å²) >= 11 is 0. The molecular formula is C9H21N2. The maximum Gasteiger partial charge on any atom is 0.00766 e. The third-order valence-electron chi connectivity index (χ3n) is 1.66. The number of nitrogens with one attached hydrogen (secondary N) is 2. The van der Waals surface area contributed by atoms with Crippen LogP contribution < -0.4 is 10.6 Å². The molecule has 0 bridgehead atoms. The van der Waals surface area contributed by atoms with Crippen molar-refractivity contribution in [3.8, 4) is 0 Å². The summed E-state index contributed by atoms with van der Waals surface area (Å²) in [4.78, 5) is 0. The number of rotatable bonds is 8. The smallest absolute Gasteiger partial charge is 0.00766 e. The van der Waals surface area contributed by atoms with Crippen LogP contribution in [0.2, 0.25) is 0 Å². The lowest BCUT2D eigenvalue weighted by atomic mass is 10.2. The van der Waals surface area contributed by atoms with Gasteiger partial charge in [-0.15, -0.1) is 0 Å². The molecule has 0 heterocycles. The molecule has 0 rings (SSSR count). The summed E-state index contributed by atoms with van der Waals surface area (Å²) in [6.07, 6.45) is 4.96. The van der Waals surface area contributed by atoms with Crippen LogP contribution >= 0.6 is 0 Å². The molecule has 2 N–H and O–H groups in total. The van der Waals surface area contributed by atoms with Gasteiger partial charge in [0.2, 0.25) is 0 Å². The van der Waals surface area contributed by atoms with Crippen LogP contribution in [0.5, 0.6) is 0 Å². The van der Waals surface area contributed by atoms with Crippen molar-refractivity contribution in [1.29, 1.82) is 0 Å². The Morgan fingerprint density at radius 2 is 1.82 bits per heavy atom. The largest absolute Gasteiger partial charge is 0.318 e. The topological polar surface area (TPSA) is 24.1 Å². The van der Waals surface area contributed by atoms with Crippen molar-refractivity contribution in [2.75, 3.05) is 26.7 Å². The lowest BCUT2D eigenvalue weighted by Crippen LogP contribution is -2.25. The fourth-order valence-electron chi connectivity index (χ4n) is 0.942. The molecule has 1 radical (unpaired) electrons. The van der Waals surface area contributed by atoms with Crippen LogP contribution in [0.1, 0.15) is 25.7 Å². The minimum atomic E-state index is 1.06. The molecule has 0 amide bonds. The van der Waals surface area contributed by atoms with Crippen LogP contribution in [0.4, 0.5) is 0 Å². The molecule has 0 saturated carbocycles. The molecule has 0 aliphatic rings. The van der Waals surface area contributed by atoms with Gasteiger partial charge in [-0.1, -0.05) is 26.2 Å². The van der Waals surface area contributed by atoms with Crippen molar-refractivity contribution in [2.45, 2.75) is 25.7 Å². The van der Waals surface area contributed by atoms with Gasteiger partial charge in [-0.25, -0.2) is 0 Å². The Hall–Kier alpha value is -0.0800. The van der Waals surface area contributed by atoms with Crippen molar-refractivity contribution in [3.63, 3.8) is 0 Å². The van der Waals surface area contributed by atoms with E-state index in [2.05, 4.69) is 17.6 Å². The van der Waals surface area contributed by atoms with E-state index in [1.807, 2.05) is 7.05 Å². The van der Waals surface area contributed by atoms with E-state index >= 15 is 0 Å². The Morgan fingerprint density at radius 1 is 1.00 bits per heavy atom. The molecule has 0 aliphatic carbocycles. The van der Waals surface area contributed by atoms with Crippen molar-refractivity contribution in [2.24, 2.45) is 0 Å². The van der Waals surface area contributed by atoms with E-state index in [0.717, 1.165) is 26.1 Å². The van der Waals surface area contributed by atoms with Gasteiger partial charge >= 0.3 is 0 Å². The lowest BCUT2D eigenvalue weighted by Gasteiger charge is -2.02. The lowest BCUT2D eigenvalue weighted by molar-refractivity contribution is 0.593. The fraction of sp³-hybridized carbons (Fsp3) is 0.889. The van der Waals surface area contributed by atoms with E-state index in [0.29, 0.717) is 0 Å².